The number of carbonyl (C=O) groups excluding carboxylic acids is 3. The average molecular weight is 518 g/mol. The zero-order valence-corrected chi connectivity index (χ0v) is 20.7. The number of anilines is 1. The van der Waals surface area contributed by atoms with Crippen LogP contribution in [0.3, 0.4) is 0 Å². The first kappa shape index (κ1) is 25.0. The second-order valence-electron chi connectivity index (χ2n) is 7.93. The Bertz CT molecular complexity index is 1410. The average Bonchev–Trinajstić information content (AvgIpc) is 3.12. The summed E-state index contributed by atoms with van der Waals surface area (Å²) in [5.41, 5.74) is 3.36. The number of halogens is 1. The van der Waals surface area contributed by atoms with Crippen molar-refractivity contribution in [1.82, 2.24) is 4.90 Å². The molecule has 3 aromatic carbocycles. The van der Waals surface area contributed by atoms with Crippen LogP contribution in [0.1, 0.15) is 22.3 Å². The van der Waals surface area contributed by atoms with Crippen molar-refractivity contribution in [3.63, 3.8) is 0 Å². The van der Waals surface area contributed by atoms with Crippen LogP contribution in [-0.4, -0.2) is 28.6 Å². The van der Waals surface area contributed by atoms with Crippen molar-refractivity contribution in [1.29, 1.82) is 5.26 Å². The van der Waals surface area contributed by atoms with Crippen molar-refractivity contribution in [2.75, 3.05) is 11.9 Å². The topological polar surface area (TPSA) is 99.5 Å². The molecule has 0 atom stereocenters. The standard InChI is InChI=1S/C27H20ClN3O4S/c1-17-6-9-21(10-7-17)30-25(32)16-35-23-11-8-18(12-22(23)28)13-24-26(33)31(27(34)36-24)15-20-5-3-2-4-19(20)14-29/h2-13H,15-16H2,1H3,(H,30,32)/b24-13+. The lowest BCUT2D eigenvalue weighted by molar-refractivity contribution is -0.123. The Kier molecular flexibility index (Phi) is 7.74. The normalized spacial score (nSPS) is 14.1. The molecule has 1 aliphatic heterocycles. The van der Waals surface area contributed by atoms with E-state index in [4.69, 9.17) is 16.3 Å². The summed E-state index contributed by atoms with van der Waals surface area (Å²) < 4.78 is 5.54. The molecule has 0 unspecified atom stereocenters. The van der Waals surface area contributed by atoms with E-state index in [0.29, 0.717) is 28.1 Å². The first-order chi connectivity index (χ1) is 17.3. The van der Waals surface area contributed by atoms with Gasteiger partial charge in [-0.3, -0.25) is 19.3 Å². The Hall–Kier alpha value is -4.06. The third-order valence-electron chi connectivity index (χ3n) is 5.29. The van der Waals surface area contributed by atoms with Gasteiger partial charge < -0.3 is 10.1 Å². The van der Waals surface area contributed by atoms with Gasteiger partial charge in [-0.15, -0.1) is 0 Å². The van der Waals surface area contributed by atoms with Gasteiger partial charge in [-0.2, -0.15) is 5.26 Å². The van der Waals surface area contributed by atoms with Gasteiger partial charge in [-0.05, 0) is 66.2 Å². The summed E-state index contributed by atoms with van der Waals surface area (Å²) in [5.74, 6) is -0.457. The molecule has 3 aromatic rings. The first-order valence-electron chi connectivity index (χ1n) is 10.9. The number of imide groups is 1. The SMILES string of the molecule is Cc1ccc(NC(=O)COc2ccc(/C=C3/SC(=O)N(Cc4ccccc4C#N)C3=O)cc2Cl)cc1. The zero-order valence-electron chi connectivity index (χ0n) is 19.2. The number of nitriles is 1. The van der Waals surface area contributed by atoms with Gasteiger partial charge in [0.2, 0.25) is 0 Å². The molecule has 0 radical (unpaired) electrons. The molecule has 1 fully saturated rings. The molecule has 0 aromatic heterocycles. The van der Waals surface area contributed by atoms with Crippen LogP contribution >= 0.6 is 23.4 Å². The van der Waals surface area contributed by atoms with Crippen molar-refractivity contribution in [3.05, 3.63) is 98.9 Å². The lowest BCUT2D eigenvalue weighted by Crippen LogP contribution is -2.27. The second-order valence-corrected chi connectivity index (χ2v) is 9.33. The van der Waals surface area contributed by atoms with Crippen molar-refractivity contribution in [2.45, 2.75) is 13.5 Å². The summed E-state index contributed by atoms with van der Waals surface area (Å²) in [4.78, 5) is 38.8. The predicted octanol–water partition coefficient (Wildman–Crippen LogP) is 5.77. The van der Waals surface area contributed by atoms with Gasteiger partial charge in [-0.1, -0.05) is 53.6 Å². The quantitative estimate of drug-likeness (QED) is 0.399. The van der Waals surface area contributed by atoms with Crippen molar-refractivity contribution >= 4 is 52.2 Å². The van der Waals surface area contributed by atoms with Crippen molar-refractivity contribution in [2.24, 2.45) is 0 Å². The van der Waals surface area contributed by atoms with Crippen LogP contribution in [0.25, 0.3) is 6.08 Å². The minimum Gasteiger partial charge on any atom is -0.482 e. The minimum absolute atomic E-state index is 0.0178. The fourth-order valence-corrected chi connectivity index (χ4v) is 4.51. The van der Waals surface area contributed by atoms with Crippen LogP contribution in [0.2, 0.25) is 5.02 Å². The Morgan fingerprint density at radius 2 is 1.89 bits per heavy atom. The van der Waals surface area contributed by atoms with Crippen LogP contribution < -0.4 is 10.1 Å². The van der Waals surface area contributed by atoms with Crippen molar-refractivity contribution in [3.8, 4) is 11.8 Å². The maximum atomic E-state index is 12.9. The third kappa shape index (κ3) is 5.95. The van der Waals surface area contributed by atoms with Crippen LogP contribution in [0.15, 0.2) is 71.6 Å². The van der Waals surface area contributed by atoms with E-state index in [0.717, 1.165) is 22.2 Å². The van der Waals surface area contributed by atoms with E-state index >= 15 is 0 Å². The summed E-state index contributed by atoms with van der Waals surface area (Å²) in [6.45, 7) is 1.75. The molecule has 0 aliphatic carbocycles. The number of thioether (sulfide) groups is 1. The van der Waals surface area contributed by atoms with Crippen molar-refractivity contribution < 1.29 is 19.1 Å². The summed E-state index contributed by atoms with van der Waals surface area (Å²) in [6.07, 6.45) is 1.57. The molecule has 1 heterocycles. The third-order valence-corrected chi connectivity index (χ3v) is 6.49. The molecule has 0 spiro atoms. The van der Waals surface area contributed by atoms with Gasteiger partial charge in [-0.25, -0.2) is 0 Å². The number of hydrogen-bond acceptors (Lipinski definition) is 6. The highest BCUT2D eigenvalue weighted by molar-refractivity contribution is 8.18. The van der Waals surface area contributed by atoms with E-state index in [1.165, 1.54) is 0 Å². The predicted molar refractivity (Wildman–Crippen MR) is 139 cm³/mol. The van der Waals surface area contributed by atoms with Crippen LogP contribution in [0, 0.1) is 18.3 Å². The van der Waals surface area contributed by atoms with Crippen LogP contribution in [0.4, 0.5) is 10.5 Å². The largest absolute Gasteiger partial charge is 0.482 e. The van der Waals surface area contributed by atoms with Gasteiger partial charge in [0, 0.05) is 5.69 Å². The number of rotatable bonds is 7. The molecular formula is C27H20ClN3O4S. The lowest BCUT2D eigenvalue weighted by atomic mass is 10.1. The summed E-state index contributed by atoms with van der Waals surface area (Å²) in [5, 5.41) is 11.9. The highest BCUT2D eigenvalue weighted by atomic mass is 35.5. The number of amides is 3. The Morgan fingerprint density at radius 1 is 1.14 bits per heavy atom. The highest BCUT2D eigenvalue weighted by Gasteiger charge is 2.35. The maximum absolute atomic E-state index is 12.9. The number of nitrogens with one attached hydrogen (secondary N) is 1. The fraction of sp³-hybridized carbons (Fsp3) is 0.111. The summed E-state index contributed by atoms with van der Waals surface area (Å²) in [7, 11) is 0. The number of ether oxygens (including phenoxy) is 1. The highest BCUT2D eigenvalue weighted by Crippen LogP contribution is 2.35. The number of carbonyl (C=O) groups is 3. The zero-order chi connectivity index (χ0) is 25.7. The molecule has 36 heavy (non-hydrogen) atoms. The van der Waals surface area contributed by atoms with E-state index < -0.39 is 11.1 Å². The Balaban J connectivity index is 1.40. The smallest absolute Gasteiger partial charge is 0.293 e. The lowest BCUT2D eigenvalue weighted by Gasteiger charge is -2.13. The second kappa shape index (κ2) is 11.1. The van der Waals surface area contributed by atoms with Gasteiger partial charge in [0.25, 0.3) is 17.1 Å². The van der Waals surface area contributed by atoms with E-state index in [2.05, 4.69) is 11.4 Å². The molecule has 1 saturated heterocycles. The molecule has 7 nitrogen and oxygen atoms in total. The Morgan fingerprint density at radius 3 is 2.61 bits per heavy atom. The molecule has 3 amide bonds. The van der Waals surface area contributed by atoms with Crippen LogP contribution in [0.5, 0.6) is 5.75 Å². The fourth-order valence-electron chi connectivity index (χ4n) is 3.43. The molecule has 180 valence electrons. The van der Waals surface area contributed by atoms with Gasteiger partial charge >= 0.3 is 0 Å². The molecule has 9 heteroatoms. The number of aryl methyl sites for hydroxylation is 1. The number of nitrogens with zero attached hydrogens (tertiary/aromatic N) is 2. The molecule has 1 aliphatic rings. The molecule has 0 saturated carbocycles. The van der Waals surface area contributed by atoms with Gasteiger partial charge in [0.1, 0.15) is 5.75 Å². The van der Waals surface area contributed by atoms with E-state index in [1.54, 1.807) is 60.7 Å². The molecular weight excluding hydrogens is 498 g/mol. The molecule has 1 N–H and O–H groups in total. The van der Waals surface area contributed by atoms with Gasteiger partial charge in [0.05, 0.1) is 28.1 Å². The van der Waals surface area contributed by atoms with Gasteiger partial charge in [0.15, 0.2) is 6.61 Å². The minimum atomic E-state index is -0.443. The Labute approximate surface area is 217 Å². The maximum Gasteiger partial charge on any atom is 0.293 e. The summed E-state index contributed by atoms with van der Waals surface area (Å²) in [6, 6.07) is 21.2. The van der Waals surface area contributed by atoms with E-state index in [-0.39, 0.29) is 29.0 Å². The molecule has 0 bridgehead atoms. The summed E-state index contributed by atoms with van der Waals surface area (Å²) >= 11 is 7.15. The van der Waals surface area contributed by atoms with E-state index in [9.17, 15) is 19.6 Å². The van der Waals surface area contributed by atoms with E-state index in [1.807, 2.05) is 19.1 Å². The van der Waals surface area contributed by atoms with Crippen LogP contribution in [-0.2, 0) is 16.1 Å². The first-order valence-corrected chi connectivity index (χ1v) is 12.1. The number of benzene rings is 3. The molecule has 4 rings (SSSR count). The number of hydrogen-bond donors (Lipinski definition) is 1. The monoisotopic (exact) mass is 517 g/mol.